The number of nitrogens with two attached hydrogens (primary N) is 1. The number of carbonyl (C=O) groups is 1. The molecule has 6 heteroatoms. The third kappa shape index (κ3) is 3.69. The Morgan fingerprint density at radius 2 is 1.80 bits per heavy atom. The van der Waals surface area contributed by atoms with E-state index in [2.05, 4.69) is 0 Å². The summed E-state index contributed by atoms with van der Waals surface area (Å²) >= 11 is 0. The van der Waals surface area contributed by atoms with Crippen molar-refractivity contribution in [2.45, 2.75) is 12.6 Å². The maximum absolute atomic E-state index is 12.8. The first-order valence-electron chi connectivity index (χ1n) is 8.16. The van der Waals surface area contributed by atoms with Gasteiger partial charge in [0.25, 0.3) is 5.91 Å². The zero-order valence-electron chi connectivity index (χ0n) is 13.6. The molecule has 0 aliphatic carbocycles. The lowest BCUT2D eigenvalue weighted by atomic mass is 9.98. The van der Waals surface area contributed by atoms with Crippen molar-refractivity contribution in [2.75, 3.05) is 19.6 Å². The van der Waals surface area contributed by atoms with Gasteiger partial charge in [-0.05, 0) is 48.2 Å². The molecule has 1 aliphatic heterocycles. The number of likely N-dealkylation sites (tertiary alicyclic amines) is 1. The predicted molar refractivity (Wildman–Crippen MR) is 89.9 cm³/mol. The highest BCUT2D eigenvalue weighted by molar-refractivity contribution is 6.01. The highest BCUT2D eigenvalue weighted by Crippen LogP contribution is 2.32. The molecule has 2 N–H and O–H groups in total. The maximum Gasteiger partial charge on any atom is 0.416 e. The summed E-state index contributed by atoms with van der Waals surface area (Å²) in [7, 11) is 0. The van der Waals surface area contributed by atoms with Crippen LogP contribution in [0.4, 0.5) is 13.2 Å². The lowest BCUT2D eigenvalue weighted by Crippen LogP contribution is -2.30. The van der Waals surface area contributed by atoms with Crippen LogP contribution in [0.2, 0.25) is 0 Å². The SMILES string of the molecule is NC[C@H]1CCN(C(=O)c2ccccc2-c2ccc(C(F)(F)F)cc2)C1. The van der Waals surface area contributed by atoms with Crippen LogP contribution in [-0.4, -0.2) is 30.4 Å². The van der Waals surface area contributed by atoms with E-state index in [-0.39, 0.29) is 5.91 Å². The normalized spacial score (nSPS) is 17.8. The Morgan fingerprint density at radius 1 is 1.12 bits per heavy atom. The molecule has 1 atom stereocenters. The minimum Gasteiger partial charge on any atom is -0.338 e. The molecule has 1 heterocycles. The summed E-state index contributed by atoms with van der Waals surface area (Å²) in [6.07, 6.45) is -3.49. The van der Waals surface area contributed by atoms with Crippen molar-refractivity contribution in [1.29, 1.82) is 0 Å². The lowest BCUT2D eigenvalue weighted by molar-refractivity contribution is -0.137. The van der Waals surface area contributed by atoms with E-state index in [1.54, 1.807) is 29.2 Å². The summed E-state index contributed by atoms with van der Waals surface area (Å²) in [5, 5.41) is 0. The second-order valence-electron chi connectivity index (χ2n) is 6.26. The fourth-order valence-corrected chi connectivity index (χ4v) is 3.14. The van der Waals surface area contributed by atoms with Crippen molar-refractivity contribution in [3.05, 3.63) is 59.7 Å². The average molecular weight is 348 g/mol. The topological polar surface area (TPSA) is 46.3 Å². The minimum absolute atomic E-state index is 0.105. The fraction of sp³-hybridized carbons (Fsp3) is 0.316. The first-order valence-corrected chi connectivity index (χ1v) is 8.16. The van der Waals surface area contributed by atoms with E-state index in [1.165, 1.54) is 12.1 Å². The molecule has 132 valence electrons. The molecule has 3 rings (SSSR count). The van der Waals surface area contributed by atoms with Gasteiger partial charge >= 0.3 is 6.18 Å². The molecule has 2 aromatic carbocycles. The Labute approximate surface area is 144 Å². The number of benzene rings is 2. The molecule has 1 saturated heterocycles. The van der Waals surface area contributed by atoms with Gasteiger partial charge in [-0.25, -0.2) is 0 Å². The van der Waals surface area contributed by atoms with Crippen molar-refractivity contribution in [3.63, 3.8) is 0 Å². The monoisotopic (exact) mass is 348 g/mol. The molecule has 0 spiro atoms. The van der Waals surface area contributed by atoms with E-state index in [0.29, 0.717) is 42.2 Å². The van der Waals surface area contributed by atoms with E-state index in [1.807, 2.05) is 0 Å². The second kappa shape index (κ2) is 6.88. The Bertz CT molecular complexity index is 756. The maximum atomic E-state index is 12.8. The molecule has 25 heavy (non-hydrogen) atoms. The van der Waals surface area contributed by atoms with Crippen LogP contribution in [0.25, 0.3) is 11.1 Å². The lowest BCUT2D eigenvalue weighted by Gasteiger charge is -2.19. The quantitative estimate of drug-likeness (QED) is 0.917. The number of halogens is 3. The molecule has 0 bridgehead atoms. The Morgan fingerprint density at radius 3 is 2.40 bits per heavy atom. The molecule has 1 aliphatic rings. The van der Waals surface area contributed by atoms with E-state index >= 15 is 0 Å². The second-order valence-corrected chi connectivity index (χ2v) is 6.26. The molecular formula is C19H19F3N2O. The van der Waals surface area contributed by atoms with Gasteiger partial charge in [-0.15, -0.1) is 0 Å². The highest BCUT2D eigenvalue weighted by Gasteiger charge is 2.30. The number of nitrogens with zero attached hydrogens (tertiary/aromatic N) is 1. The Kier molecular flexibility index (Phi) is 4.81. The number of hydrogen-bond donors (Lipinski definition) is 1. The summed E-state index contributed by atoms with van der Waals surface area (Å²) < 4.78 is 38.2. The first kappa shape index (κ1) is 17.5. The molecule has 0 unspecified atom stereocenters. The van der Waals surface area contributed by atoms with Crippen LogP contribution in [0.15, 0.2) is 48.5 Å². The van der Waals surface area contributed by atoms with Crippen LogP contribution >= 0.6 is 0 Å². The van der Waals surface area contributed by atoms with Crippen molar-refractivity contribution in [1.82, 2.24) is 4.90 Å². The number of alkyl halides is 3. The van der Waals surface area contributed by atoms with Gasteiger partial charge in [0.15, 0.2) is 0 Å². The van der Waals surface area contributed by atoms with Gasteiger partial charge in [-0.2, -0.15) is 13.2 Å². The van der Waals surface area contributed by atoms with Gasteiger partial charge in [-0.3, -0.25) is 4.79 Å². The summed E-state index contributed by atoms with van der Waals surface area (Å²) in [5.74, 6) is 0.202. The molecule has 1 fully saturated rings. The van der Waals surface area contributed by atoms with Crippen molar-refractivity contribution in [2.24, 2.45) is 11.7 Å². The van der Waals surface area contributed by atoms with Crippen LogP contribution in [0.5, 0.6) is 0 Å². The van der Waals surface area contributed by atoms with E-state index in [4.69, 9.17) is 5.73 Å². The van der Waals surface area contributed by atoms with Gasteiger partial charge in [0, 0.05) is 18.7 Å². The van der Waals surface area contributed by atoms with Gasteiger partial charge in [-0.1, -0.05) is 30.3 Å². The highest BCUT2D eigenvalue weighted by atomic mass is 19.4. The molecular weight excluding hydrogens is 329 g/mol. The van der Waals surface area contributed by atoms with Crippen LogP contribution < -0.4 is 5.73 Å². The fourth-order valence-electron chi connectivity index (χ4n) is 3.14. The molecule has 0 aromatic heterocycles. The first-order chi connectivity index (χ1) is 11.9. The molecule has 1 amide bonds. The van der Waals surface area contributed by atoms with Crippen LogP contribution in [0.1, 0.15) is 22.3 Å². The van der Waals surface area contributed by atoms with Gasteiger partial charge < -0.3 is 10.6 Å². The van der Waals surface area contributed by atoms with Crippen LogP contribution in [0, 0.1) is 5.92 Å². The predicted octanol–water partition coefficient (Wildman–Crippen LogP) is 3.79. The zero-order chi connectivity index (χ0) is 18.0. The summed E-state index contributed by atoms with van der Waals surface area (Å²) in [6, 6.07) is 11.9. The van der Waals surface area contributed by atoms with E-state index in [9.17, 15) is 18.0 Å². The minimum atomic E-state index is -4.37. The van der Waals surface area contributed by atoms with Gasteiger partial charge in [0.05, 0.1) is 5.56 Å². The number of amides is 1. The largest absolute Gasteiger partial charge is 0.416 e. The zero-order valence-corrected chi connectivity index (χ0v) is 13.6. The van der Waals surface area contributed by atoms with Crippen molar-refractivity contribution >= 4 is 5.91 Å². The van der Waals surface area contributed by atoms with Crippen molar-refractivity contribution < 1.29 is 18.0 Å². The average Bonchev–Trinajstić information content (AvgIpc) is 3.10. The third-order valence-corrected chi connectivity index (χ3v) is 4.59. The Hall–Kier alpha value is -2.34. The summed E-state index contributed by atoms with van der Waals surface area (Å²) in [5.41, 5.74) is 6.70. The third-order valence-electron chi connectivity index (χ3n) is 4.59. The number of hydrogen-bond acceptors (Lipinski definition) is 2. The molecule has 0 saturated carbocycles. The van der Waals surface area contributed by atoms with E-state index in [0.717, 1.165) is 18.6 Å². The van der Waals surface area contributed by atoms with Crippen molar-refractivity contribution in [3.8, 4) is 11.1 Å². The molecule has 3 nitrogen and oxygen atoms in total. The smallest absolute Gasteiger partial charge is 0.338 e. The summed E-state index contributed by atoms with van der Waals surface area (Å²) in [4.78, 5) is 14.6. The summed E-state index contributed by atoms with van der Waals surface area (Å²) in [6.45, 7) is 1.82. The van der Waals surface area contributed by atoms with E-state index < -0.39 is 11.7 Å². The molecule has 2 aromatic rings. The van der Waals surface area contributed by atoms with Gasteiger partial charge in [0.1, 0.15) is 0 Å². The standard InChI is InChI=1S/C19H19F3N2O/c20-19(21,22)15-7-5-14(6-8-15)16-3-1-2-4-17(16)18(25)24-10-9-13(11-23)12-24/h1-8,13H,9-12,23H2/t13-/m1/s1. The van der Waals surface area contributed by atoms with Crippen LogP contribution in [0.3, 0.4) is 0 Å². The Balaban J connectivity index is 1.90. The van der Waals surface area contributed by atoms with Crippen LogP contribution in [-0.2, 0) is 6.18 Å². The molecule has 0 radical (unpaired) electrons. The number of carbonyl (C=O) groups excluding carboxylic acids is 1. The number of rotatable bonds is 3. The van der Waals surface area contributed by atoms with Gasteiger partial charge in [0.2, 0.25) is 0 Å².